The second-order valence-corrected chi connectivity index (χ2v) is 6.59. The Morgan fingerprint density at radius 1 is 1.50 bits per heavy atom. The van der Waals surface area contributed by atoms with Crippen molar-refractivity contribution in [1.82, 2.24) is 10.6 Å². The van der Waals surface area contributed by atoms with Gasteiger partial charge in [0.15, 0.2) is 15.8 Å². The quantitative estimate of drug-likeness (QED) is 0.335. The van der Waals surface area contributed by atoms with Crippen LogP contribution < -0.4 is 10.6 Å². The zero-order chi connectivity index (χ0) is 13.4. The largest absolute Gasteiger partial charge is 0.357 e. The Balaban J connectivity index is 2.47. The standard InChI is InChI=1S/C12H23N3O2S/c1-3-5-6-8-14-12(13-4-2)15-11-7-9-18(16,17)10-11/h3,5,11H,4,6-10H2,1-2H3,(H2,13,14,15). The van der Waals surface area contributed by atoms with Crippen molar-refractivity contribution in [3.05, 3.63) is 12.2 Å². The van der Waals surface area contributed by atoms with Gasteiger partial charge in [0, 0.05) is 19.1 Å². The number of allylic oxidation sites excluding steroid dienone is 1. The van der Waals surface area contributed by atoms with Crippen molar-refractivity contribution in [2.75, 3.05) is 24.6 Å². The molecule has 1 saturated heterocycles. The van der Waals surface area contributed by atoms with Crippen LogP contribution in [0.5, 0.6) is 0 Å². The Morgan fingerprint density at radius 2 is 2.28 bits per heavy atom. The van der Waals surface area contributed by atoms with Crippen LogP contribution in [0.3, 0.4) is 0 Å². The van der Waals surface area contributed by atoms with E-state index in [1.807, 2.05) is 19.9 Å². The summed E-state index contributed by atoms with van der Waals surface area (Å²) in [6.07, 6.45) is 5.63. The Morgan fingerprint density at radius 3 is 2.83 bits per heavy atom. The van der Waals surface area contributed by atoms with Gasteiger partial charge in [0.2, 0.25) is 0 Å². The van der Waals surface area contributed by atoms with Crippen LogP contribution >= 0.6 is 0 Å². The zero-order valence-electron chi connectivity index (χ0n) is 11.1. The Kier molecular flexibility index (Phi) is 6.18. The lowest BCUT2D eigenvalue weighted by molar-refractivity contribution is 0.599. The number of nitrogens with one attached hydrogen (secondary N) is 2. The molecule has 1 unspecified atom stereocenters. The minimum atomic E-state index is -2.84. The van der Waals surface area contributed by atoms with Crippen LogP contribution in [0.4, 0.5) is 0 Å². The Hall–Kier alpha value is -1.04. The predicted molar refractivity (Wildman–Crippen MR) is 75.6 cm³/mol. The molecule has 1 rings (SSSR count). The van der Waals surface area contributed by atoms with Gasteiger partial charge in [-0.2, -0.15) is 0 Å². The maximum atomic E-state index is 11.4. The van der Waals surface area contributed by atoms with E-state index in [-0.39, 0.29) is 17.5 Å². The van der Waals surface area contributed by atoms with Crippen LogP contribution in [0, 0.1) is 0 Å². The summed E-state index contributed by atoms with van der Waals surface area (Å²) in [5, 5.41) is 6.32. The number of guanidine groups is 1. The molecular formula is C12H23N3O2S. The number of sulfone groups is 1. The lowest BCUT2D eigenvalue weighted by Gasteiger charge is -2.15. The van der Waals surface area contributed by atoms with Crippen molar-refractivity contribution in [3.8, 4) is 0 Å². The highest BCUT2D eigenvalue weighted by Gasteiger charge is 2.28. The molecule has 0 spiro atoms. The molecule has 104 valence electrons. The van der Waals surface area contributed by atoms with Gasteiger partial charge in [0.25, 0.3) is 0 Å². The topological polar surface area (TPSA) is 70.6 Å². The average Bonchev–Trinajstić information content (AvgIpc) is 2.64. The van der Waals surface area contributed by atoms with Gasteiger partial charge in [-0.1, -0.05) is 12.2 Å². The third-order valence-corrected chi connectivity index (χ3v) is 4.49. The molecule has 5 nitrogen and oxygen atoms in total. The first kappa shape index (κ1) is 15.0. The molecule has 0 aliphatic carbocycles. The minimum Gasteiger partial charge on any atom is -0.357 e. The molecule has 0 aromatic heterocycles. The summed E-state index contributed by atoms with van der Waals surface area (Å²) in [7, 11) is -2.84. The zero-order valence-corrected chi connectivity index (χ0v) is 12.0. The molecule has 0 aromatic carbocycles. The fraction of sp³-hybridized carbons (Fsp3) is 0.750. The molecule has 0 bridgehead atoms. The molecular weight excluding hydrogens is 250 g/mol. The van der Waals surface area contributed by atoms with E-state index < -0.39 is 9.84 Å². The van der Waals surface area contributed by atoms with E-state index >= 15 is 0 Å². The molecule has 0 aromatic rings. The van der Waals surface area contributed by atoms with Gasteiger partial charge in [-0.05, 0) is 26.7 Å². The number of hydrogen-bond acceptors (Lipinski definition) is 3. The molecule has 2 N–H and O–H groups in total. The number of aliphatic imine (C=N–C) groups is 1. The molecule has 1 aliphatic heterocycles. The van der Waals surface area contributed by atoms with E-state index in [9.17, 15) is 8.42 Å². The van der Waals surface area contributed by atoms with Gasteiger partial charge in [0.1, 0.15) is 0 Å². The molecule has 1 heterocycles. The van der Waals surface area contributed by atoms with Crippen molar-refractivity contribution >= 4 is 15.8 Å². The van der Waals surface area contributed by atoms with E-state index in [4.69, 9.17) is 0 Å². The SMILES string of the molecule is CC=CCCN=C(NCC)NC1CCS(=O)(=O)C1. The average molecular weight is 273 g/mol. The second kappa shape index (κ2) is 7.41. The Bertz CT molecular complexity index is 402. The third-order valence-electron chi connectivity index (χ3n) is 2.72. The lowest BCUT2D eigenvalue weighted by atomic mass is 10.3. The maximum Gasteiger partial charge on any atom is 0.191 e. The smallest absolute Gasteiger partial charge is 0.191 e. The van der Waals surface area contributed by atoms with E-state index in [2.05, 4.69) is 21.7 Å². The highest BCUT2D eigenvalue weighted by atomic mass is 32.2. The Labute approximate surface area is 110 Å². The van der Waals surface area contributed by atoms with Crippen molar-refractivity contribution in [2.45, 2.75) is 32.7 Å². The predicted octanol–water partition coefficient (Wildman–Crippen LogP) is 0.695. The summed E-state index contributed by atoms with van der Waals surface area (Å²) in [5.74, 6) is 1.21. The second-order valence-electron chi connectivity index (χ2n) is 4.36. The van der Waals surface area contributed by atoms with Gasteiger partial charge in [-0.15, -0.1) is 0 Å². The monoisotopic (exact) mass is 273 g/mol. The van der Waals surface area contributed by atoms with Gasteiger partial charge < -0.3 is 10.6 Å². The molecule has 18 heavy (non-hydrogen) atoms. The number of hydrogen-bond donors (Lipinski definition) is 2. The molecule has 0 saturated carbocycles. The van der Waals surface area contributed by atoms with Crippen LogP contribution in [-0.4, -0.2) is 45.0 Å². The van der Waals surface area contributed by atoms with Gasteiger partial charge in [0.05, 0.1) is 11.5 Å². The van der Waals surface area contributed by atoms with Gasteiger partial charge in [-0.3, -0.25) is 4.99 Å². The number of rotatable bonds is 5. The van der Waals surface area contributed by atoms with E-state index in [0.717, 1.165) is 13.0 Å². The molecule has 0 amide bonds. The summed E-state index contributed by atoms with van der Waals surface area (Å²) in [5.41, 5.74) is 0. The van der Waals surface area contributed by atoms with Crippen LogP contribution in [-0.2, 0) is 9.84 Å². The fourth-order valence-corrected chi connectivity index (χ4v) is 3.51. The van der Waals surface area contributed by atoms with Crippen LogP contribution in [0.2, 0.25) is 0 Å². The highest BCUT2D eigenvalue weighted by molar-refractivity contribution is 7.91. The molecule has 6 heteroatoms. The van der Waals surface area contributed by atoms with Crippen molar-refractivity contribution in [2.24, 2.45) is 4.99 Å². The molecule has 0 radical (unpaired) electrons. The summed E-state index contributed by atoms with van der Waals surface area (Å²) in [4.78, 5) is 4.41. The summed E-state index contributed by atoms with van der Waals surface area (Å²) in [6, 6.07) is -0.00508. The first-order valence-corrected chi connectivity index (χ1v) is 8.26. The van der Waals surface area contributed by atoms with Crippen LogP contribution in [0.15, 0.2) is 17.1 Å². The highest BCUT2D eigenvalue weighted by Crippen LogP contribution is 2.10. The third kappa shape index (κ3) is 5.53. The maximum absolute atomic E-state index is 11.4. The summed E-state index contributed by atoms with van der Waals surface area (Å²) < 4.78 is 22.7. The minimum absolute atomic E-state index is 0.00508. The summed E-state index contributed by atoms with van der Waals surface area (Å²) >= 11 is 0. The van der Waals surface area contributed by atoms with E-state index in [1.165, 1.54) is 0 Å². The molecule has 1 aliphatic rings. The molecule has 1 atom stereocenters. The van der Waals surface area contributed by atoms with Crippen LogP contribution in [0.1, 0.15) is 26.7 Å². The normalized spacial score (nSPS) is 23.4. The van der Waals surface area contributed by atoms with E-state index in [0.29, 0.717) is 18.9 Å². The van der Waals surface area contributed by atoms with Crippen molar-refractivity contribution in [3.63, 3.8) is 0 Å². The first-order valence-electron chi connectivity index (χ1n) is 6.44. The first-order chi connectivity index (χ1) is 8.57. The molecule has 1 fully saturated rings. The lowest BCUT2D eigenvalue weighted by Crippen LogP contribution is -2.44. The van der Waals surface area contributed by atoms with Gasteiger partial charge in [-0.25, -0.2) is 8.42 Å². The van der Waals surface area contributed by atoms with Crippen molar-refractivity contribution in [1.29, 1.82) is 0 Å². The van der Waals surface area contributed by atoms with Crippen molar-refractivity contribution < 1.29 is 8.42 Å². The van der Waals surface area contributed by atoms with E-state index in [1.54, 1.807) is 0 Å². The fourth-order valence-electron chi connectivity index (χ4n) is 1.84. The van der Waals surface area contributed by atoms with Crippen LogP contribution in [0.25, 0.3) is 0 Å². The van der Waals surface area contributed by atoms with Gasteiger partial charge >= 0.3 is 0 Å². The summed E-state index contributed by atoms with van der Waals surface area (Å²) in [6.45, 7) is 5.46. The number of nitrogens with zero attached hydrogens (tertiary/aromatic N) is 1.